The van der Waals surface area contributed by atoms with Crippen LogP contribution < -0.4 is 9.80 Å². The van der Waals surface area contributed by atoms with Crippen molar-refractivity contribution in [3.05, 3.63) is 59.8 Å². The maximum atomic E-state index is 13.5. The van der Waals surface area contributed by atoms with Gasteiger partial charge in [-0.1, -0.05) is 18.2 Å². The van der Waals surface area contributed by atoms with Gasteiger partial charge in [-0.2, -0.15) is 10.4 Å². The van der Waals surface area contributed by atoms with Crippen LogP contribution in [0.3, 0.4) is 0 Å². The number of halogens is 1. The van der Waals surface area contributed by atoms with Gasteiger partial charge in [-0.3, -0.25) is 14.4 Å². The van der Waals surface area contributed by atoms with Crippen molar-refractivity contribution in [2.45, 2.75) is 24.8 Å². The highest BCUT2D eigenvalue weighted by atomic mass is 35.5. The molecule has 1 saturated heterocycles. The zero-order valence-electron chi connectivity index (χ0n) is 15.8. The summed E-state index contributed by atoms with van der Waals surface area (Å²) in [5.74, 6) is 0.517. The van der Waals surface area contributed by atoms with Gasteiger partial charge in [0.25, 0.3) is 5.91 Å². The third kappa shape index (κ3) is 2.33. The standard InChI is InChI=1S/C21H17ClN6O/c1-13-27(16-9-17(22)18(10-23)24-12-16)20(29)21(6-3-7-21)28(13)15-4-5-19-14(8-15)11-25-26(19)2/h4-5,8-9,11-12H,1,3,6-7H2,2H3. The van der Waals surface area contributed by atoms with Crippen LogP contribution >= 0.6 is 11.6 Å². The summed E-state index contributed by atoms with van der Waals surface area (Å²) in [6, 6.07) is 9.57. The van der Waals surface area contributed by atoms with E-state index in [1.54, 1.807) is 11.0 Å². The lowest BCUT2D eigenvalue weighted by atomic mass is 9.75. The Balaban J connectivity index is 1.62. The molecule has 2 aliphatic rings. The van der Waals surface area contributed by atoms with E-state index in [1.807, 2.05) is 47.1 Å². The second kappa shape index (κ2) is 6.06. The first kappa shape index (κ1) is 17.7. The lowest BCUT2D eigenvalue weighted by molar-refractivity contribution is -0.123. The normalized spacial score (nSPS) is 17.8. The summed E-state index contributed by atoms with van der Waals surface area (Å²) < 4.78 is 1.82. The molecule has 2 fully saturated rings. The number of hydrogen-bond acceptors (Lipinski definition) is 5. The van der Waals surface area contributed by atoms with E-state index in [-0.39, 0.29) is 16.6 Å². The molecule has 0 bridgehead atoms. The van der Waals surface area contributed by atoms with Gasteiger partial charge in [0.2, 0.25) is 0 Å². The first-order valence-corrected chi connectivity index (χ1v) is 9.65. The maximum Gasteiger partial charge on any atom is 0.259 e. The van der Waals surface area contributed by atoms with Gasteiger partial charge in [-0.05, 0) is 43.5 Å². The van der Waals surface area contributed by atoms with Crippen LogP contribution in [0.2, 0.25) is 5.02 Å². The van der Waals surface area contributed by atoms with Crippen LogP contribution in [0.5, 0.6) is 0 Å². The molecule has 3 heterocycles. The minimum absolute atomic E-state index is 0.0393. The molecule has 8 heteroatoms. The van der Waals surface area contributed by atoms with Crippen LogP contribution in [0.15, 0.2) is 49.1 Å². The zero-order chi connectivity index (χ0) is 20.3. The van der Waals surface area contributed by atoms with Gasteiger partial charge in [-0.25, -0.2) is 4.98 Å². The van der Waals surface area contributed by atoms with E-state index in [4.69, 9.17) is 16.9 Å². The lowest BCUT2D eigenvalue weighted by Gasteiger charge is -2.43. The first-order valence-electron chi connectivity index (χ1n) is 9.27. The van der Waals surface area contributed by atoms with Crippen LogP contribution in [0.4, 0.5) is 11.4 Å². The fourth-order valence-electron chi connectivity index (χ4n) is 4.30. The molecule has 1 amide bonds. The number of carbonyl (C=O) groups is 1. The molecule has 1 aliphatic heterocycles. The van der Waals surface area contributed by atoms with E-state index in [0.29, 0.717) is 11.5 Å². The van der Waals surface area contributed by atoms with Crippen LogP contribution in [0.25, 0.3) is 10.9 Å². The number of rotatable bonds is 2. The molecule has 29 heavy (non-hydrogen) atoms. The van der Waals surface area contributed by atoms with Crippen molar-refractivity contribution < 1.29 is 4.79 Å². The summed E-state index contributed by atoms with van der Waals surface area (Å²) >= 11 is 6.17. The molecular weight excluding hydrogens is 388 g/mol. The average molecular weight is 405 g/mol. The van der Waals surface area contributed by atoms with E-state index >= 15 is 0 Å². The Labute approximate surface area is 172 Å². The van der Waals surface area contributed by atoms with E-state index in [0.717, 1.165) is 35.9 Å². The topological polar surface area (TPSA) is 78.1 Å². The smallest absolute Gasteiger partial charge is 0.259 e. The second-order valence-electron chi connectivity index (χ2n) is 7.42. The summed E-state index contributed by atoms with van der Waals surface area (Å²) in [7, 11) is 1.90. The van der Waals surface area contributed by atoms with Crippen molar-refractivity contribution in [1.82, 2.24) is 14.8 Å². The third-order valence-electron chi connectivity index (χ3n) is 5.90. The summed E-state index contributed by atoms with van der Waals surface area (Å²) in [5.41, 5.74) is 1.92. The van der Waals surface area contributed by atoms with Gasteiger partial charge in [0.05, 0.1) is 28.6 Å². The Bertz CT molecular complexity index is 1240. The van der Waals surface area contributed by atoms with Crippen molar-refractivity contribution in [3.8, 4) is 6.07 Å². The Morgan fingerprint density at radius 3 is 2.69 bits per heavy atom. The summed E-state index contributed by atoms with van der Waals surface area (Å²) in [6.45, 7) is 4.23. The third-order valence-corrected chi connectivity index (χ3v) is 6.19. The molecule has 144 valence electrons. The second-order valence-corrected chi connectivity index (χ2v) is 7.83. The molecule has 0 radical (unpaired) electrons. The molecule has 3 aromatic rings. The van der Waals surface area contributed by atoms with Gasteiger partial charge in [0, 0.05) is 18.1 Å². The number of aromatic nitrogens is 3. The predicted molar refractivity (Wildman–Crippen MR) is 110 cm³/mol. The molecule has 1 saturated carbocycles. The Hall–Kier alpha value is -3.37. The van der Waals surface area contributed by atoms with E-state index in [1.165, 1.54) is 6.20 Å². The van der Waals surface area contributed by atoms with Crippen LogP contribution in [-0.2, 0) is 11.8 Å². The lowest BCUT2D eigenvalue weighted by Crippen LogP contribution is -2.54. The highest BCUT2D eigenvalue weighted by Crippen LogP contribution is 2.50. The molecular formula is C21H17ClN6O. The SMILES string of the molecule is C=C1N(c2cnc(C#N)c(Cl)c2)C(=O)C2(CCC2)N1c1ccc2c(cnn2C)c1. The Morgan fingerprint density at radius 1 is 1.24 bits per heavy atom. The Morgan fingerprint density at radius 2 is 2.03 bits per heavy atom. The number of aryl methyl sites for hydroxylation is 1. The Kier molecular flexibility index (Phi) is 3.70. The van der Waals surface area contributed by atoms with Crippen LogP contribution in [0.1, 0.15) is 25.0 Å². The van der Waals surface area contributed by atoms with E-state index in [2.05, 4.69) is 16.7 Å². The number of carbonyl (C=O) groups excluding carboxylic acids is 1. The molecule has 0 atom stereocenters. The molecule has 1 aromatic carbocycles. The van der Waals surface area contributed by atoms with Crippen molar-refractivity contribution in [2.24, 2.45) is 7.05 Å². The van der Waals surface area contributed by atoms with Gasteiger partial charge >= 0.3 is 0 Å². The number of nitrogens with zero attached hydrogens (tertiary/aromatic N) is 6. The van der Waals surface area contributed by atoms with Gasteiger partial charge in [0.1, 0.15) is 17.4 Å². The number of benzene rings is 1. The minimum Gasteiger partial charge on any atom is -0.313 e. The molecule has 7 nitrogen and oxygen atoms in total. The quantitative estimate of drug-likeness (QED) is 0.650. The van der Waals surface area contributed by atoms with E-state index in [9.17, 15) is 4.79 Å². The number of amides is 1. The van der Waals surface area contributed by atoms with Crippen molar-refractivity contribution in [3.63, 3.8) is 0 Å². The average Bonchev–Trinajstić information content (AvgIpc) is 3.15. The largest absolute Gasteiger partial charge is 0.313 e. The first-order chi connectivity index (χ1) is 14.0. The fourth-order valence-corrected chi connectivity index (χ4v) is 4.50. The molecule has 0 N–H and O–H groups in total. The molecule has 0 unspecified atom stereocenters. The summed E-state index contributed by atoms with van der Waals surface area (Å²) in [5, 5.41) is 14.6. The van der Waals surface area contributed by atoms with Crippen LogP contribution in [0, 0.1) is 11.3 Å². The van der Waals surface area contributed by atoms with Gasteiger partial charge < -0.3 is 4.90 Å². The van der Waals surface area contributed by atoms with E-state index < -0.39 is 5.54 Å². The summed E-state index contributed by atoms with van der Waals surface area (Å²) in [4.78, 5) is 21.2. The number of fused-ring (bicyclic) bond motifs is 1. The van der Waals surface area contributed by atoms with Crippen molar-refractivity contribution in [2.75, 3.05) is 9.80 Å². The van der Waals surface area contributed by atoms with Crippen molar-refractivity contribution in [1.29, 1.82) is 5.26 Å². The zero-order valence-corrected chi connectivity index (χ0v) is 16.5. The highest BCUT2D eigenvalue weighted by Gasteiger charge is 2.58. The molecule has 2 aromatic heterocycles. The molecule has 1 aliphatic carbocycles. The highest BCUT2D eigenvalue weighted by molar-refractivity contribution is 6.32. The number of hydrogen-bond donors (Lipinski definition) is 0. The van der Waals surface area contributed by atoms with Crippen molar-refractivity contribution >= 4 is 39.8 Å². The monoisotopic (exact) mass is 404 g/mol. The van der Waals surface area contributed by atoms with Gasteiger partial charge in [-0.15, -0.1) is 0 Å². The minimum atomic E-state index is -0.645. The molecule has 1 spiro atoms. The van der Waals surface area contributed by atoms with Gasteiger partial charge in [0.15, 0.2) is 5.69 Å². The fraction of sp³-hybridized carbons (Fsp3) is 0.238. The number of anilines is 2. The number of nitriles is 1. The van der Waals surface area contributed by atoms with Crippen LogP contribution in [-0.4, -0.2) is 26.2 Å². The number of pyridine rings is 1. The predicted octanol–water partition coefficient (Wildman–Crippen LogP) is 3.74. The maximum absolute atomic E-state index is 13.5. The molecule has 5 rings (SSSR count). The summed E-state index contributed by atoms with van der Waals surface area (Å²) in [6.07, 6.45) is 5.79.